The molecule has 0 saturated carbocycles. The van der Waals surface area contributed by atoms with Crippen LogP contribution in [0.15, 0.2) is 41.4 Å². The molecule has 1 amide bonds. The summed E-state index contributed by atoms with van der Waals surface area (Å²) < 4.78 is 58.7. The number of amides is 1. The SMILES string of the molecule is CN=C(NCC(=O)Nc1ccc(F)c(F)c1F)NCC(C)Oc1ccccc1F. The normalized spacial score (nSPS) is 12.3. The molecule has 10 heteroatoms. The molecule has 0 aliphatic heterocycles. The zero-order chi connectivity index (χ0) is 21.4. The fraction of sp³-hybridized carbons (Fsp3) is 0.263. The van der Waals surface area contributed by atoms with Crippen LogP contribution in [0.2, 0.25) is 0 Å². The molecule has 0 bridgehead atoms. The van der Waals surface area contributed by atoms with Gasteiger partial charge in [0.25, 0.3) is 0 Å². The van der Waals surface area contributed by atoms with Crippen molar-refractivity contribution in [2.75, 3.05) is 25.5 Å². The quantitative estimate of drug-likeness (QED) is 0.283. The molecular weight excluding hydrogens is 392 g/mol. The first-order chi connectivity index (χ1) is 13.8. The zero-order valence-corrected chi connectivity index (χ0v) is 15.7. The lowest BCUT2D eigenvalue weighted by molar-refractivity contribution is -0.115. The van der Waals surface area contributed by atoms with E-state index in [9.17, 15) is 22.4 Å². The topological polar surface area (TPSA) is 74.8 Å². The van der Waals surface area contributed by atoms with E-state index in [4.69, 9.17) is 4.74 Å². The summed E-state index contributed by atoms with van der Waals surface area (Å²) in [7, 11) is 1.46. The Morgan fingerprint density at radius 2 is 1.76 bits per heavy atom. The molecule has 0 spiro atoms. The van der Waals surface area contributed by atoms with Crippen LogP contribution < -0.4 is 20.7 Å². The molecule has 2 aromatic rings. The Balaban J connectivity index is 1.80. The first-order valence-electron chi connectivity index (χ1n) is 8.60. The summed E-state index contributed by atoms with van der Waals surface area (Å²) in [4.78, 5) is 15.8. The van der Waals surface area contributed by atoms with Crippen molar-refractivity contribution in [3.05, 3.63) is 59.7 Å². The van der Waals surface area contributed by atoms with E-state index in [1.54, 1.807) is 19.1 Å². The van der Waals surface area contributed by atoms with Gasteiger partial charge in [-0.25, -0.2) is 17.6 Å². The number of benzene rings is 2. The van der Waals surface area contributed by atoms with Crippen LogP contribution in [0, 0.1) is 23.3 Å². The summed E-state index contributed by atoms with van der Waals surface area (Å²) in [6.45, 7) is 1.64. The van der Waals surface area contributed by atoms with E-state index in [0.29, 0.717) is 6.07 Å². The van der Waals surface area contributed by atoms with Crippen molar-refractivity contribution in [1.29, 1.82) is 0 Å². The minimum Gasteiger partial charge on any atom is -0.486 e. The minimum absolute atomic E-state index is 0.109. The van der Waals surface area contributed by atoms with Gasteiger partial charge in [-0.2, -0.15) is 0 Å². The highest BCUT2D eigenvalue weighted by Crippen LogP contribution is 2.19. The Hall–Kier alpha value is -3.30. The van der Waals surface area contributed by atoms with Crippen LogP contribution in [0.4, 0.5) is 23.2 Å². The van der Waals surface area contributed by atoms with Gasteiger partial charge in [-0.05, 0) is 31.2 Å². The molecule has 0 heterocycles. The number of anilines is 1. The molecule has 1 atom stereocenters. The summed E-state index contributed by atoms with van der Waals surface area (Å²) in [5, 5.41) is 7.69. The van der Waals surface area contributed by atoms with Crippen molar-refractivity contribution in [1.82, 2.24) is 10.6 Å². The van der Waals surface area contributed by atoms with E-state index in [2.05, 4.69) is 20.9 Å². The molecule has 0 aliphatic rings. The highest BCUT2D eigenvalue weighted by atomic mass is 19.2. The van der Waals surface area contributed by atoms with Gasteiger partial charge in [0.05, 0.1) is 18.8 Å². The number of hydrogen-bond acceptors (Lipinski definition) is 3. The number of hydrogen-bond donors (Lipinski definition) is 3. The number of halogens is 4. The van der Waals surface area contributed by atoms with Crippen molar-refractivity contribution in [2.45, 2.75) is 13.0 Å². The van der Waals surface area contributed by atoms with Gasteiger partial charge in [0.15, 0.2) is 35.0 Å². The molecular formula is C19H20F4N4O2. The standard InChI is InChI=1S/C19H20F4N4O2/c1-11(29-15-6-4-3-5-12(15)20)9-25-19(24-2)26-10-16(28)27-14-8-7-13(21)17(22)18(14)23/h3-8,11H,9-10H2,1-2H3,(H,27,28)(H2,24,25,26). The third-order valence-corrected chi connectivity index (χ3v) is 3.67. The van der Waals surface area contributed by atoms with E-state index in [-0.39, 0.29) is 24.8 Å². The van der Waals surface area contributed by atoms with Gasteiger partial charge < -0.3 is 20.7 Å². The third-order valence-electron chi connectivity index (χ3n) is 3.67. The van der Waals surface area contributed by atoms with E-state index in [1.807, 2.05) is 0 Å². The van der Waals surface area contributed by atoms with Gasteiger partial charge in [-0.15, -0.1) is 0 Å². The Labute approximate surface area is 165 Å². The lowest BCUT2D eigenvalue weighted by Gasteiger charge is -2.18. The lowest BCUT2D eigenvalue weighted by Crippen LogP contribution is -2.44. The van der Waals surface area contributed by atoms with Crippen LogP contribution in [0.1, 0.15) is 6.92 Å². The summed E-state index contributed by atoms with van der Waals surface area (Å²) in [5.41, 5.74) is -0.481. The molecule has 1 unspecified atom stereocenters. The number of para-hydroxylation sites is 1. The molecule has 0 aromatic heterocycles. The zero-order valence-electron chi connectivity index (χ0n) is 15.7. The maximum Gasteiger partial charge on any atom is 0.243 e. The molecule has 156 valence electrons. The highest BCUT2D eigenvalue weighted by Gasteiger charge is 2.15. The number of nitrogens with zero attached hydrogens (tertiary/aromatic N) is 1. The molecule has 29 heavy (non-hydrogen) atoms. The van der Waals surface area contributed by atoms with Crippen LogP contribution in [-0.2, 0) is 4.79 Å². The van der Waals surface area contributed by atoms with Gasteiger partial charge in [0, 0.05) is 7.05 Å². The van der Waals surface area contributed by atoms with Gasteiger partial charge in [0.2, 0.25) is 5.91 Å². The van der Waals surface area contributed by atoms with Crippen LogP contribution in [0.3, 0.4) is 0 Å². The number of carbonyl (C=O) groups excluding carboxylic acids is 1. The van der Waals surface area contributed by atoms with Crippen molar-refractivity contribution in [3.8, 4) is 5.75 Å². The van der Waals surface area contributed by atoms with Crippen molar-refractivity contribution in [3.63, 3.8) is 0 Å². The van der Waals surface area contributed by atoms with Gasteiger partial charge in [0.1, 0.15) is 6.10 Å². The van der Waals surface area contributed by atoms with Crippen molar-refractivity contribution in [2.24, 2.45) is 4.99 Å². The molecule has 0 fully saturated rings. The maximum atomic E-state index is 13.6. The average molecular weight is 412 g/mol. The Morgan fingerprint density at radius 3 is 2.45 bits per heavy atom. The summed E-state index contributed by atoms with van der Waals surface area (Å²) in [6.07, 6.45) is -0.421. The fourth-order valence-electron chi connectivity index (χ4n) is 2.24. The molecule has 2 rings (SSSR count). The van der Waals surface area contributed by atoms with E-state index in [1.165, 1.54) is 19.2 Å². The number of nitrogens with one attached hydrogen (secondary N) is 3. The predicted molar refractivity (Wildman–Crippen MR) is 101 cm³/mol. The van der Waals surface area contributed by atoms with E-state index < -0.39 is 41.0 Å². The average Bonchev–Trinajstić information content (AvgIpc) is 2.70. The smallest absolute Gasteiger partial charge is 0.243 e. The van der Waals surface area contributed by atoms with Gasteiger partial charge >= 0.3 is 0 Å². The van der Waals surface area contributed by atoms with Crippen LogP contribution in [0.25, 0.3) is 0 Å². The third kappa shape index (κ3) is 6.37. The predicted octanol–water partition coefficient (Wildman–Crippen LogP) is 2.81. The Kier molecular flexibility index (Phi) is 7.81. The second-order valence-corrected chi connectivity index (χ2v) is 5.94. The summed E-state index contributed by atoms with van der Waals surface area (Å²) >= 11 is 0. The summed E-state index contributed by atoms with van der Waals surface area (Å²) in [5.74, 6) is -5.35. The van der Waals surface area contributed by atoms with Crippen LogP contribution >= 0.6 is 0 Å². The molecule has 6 nitrogen and oxygen atoms in total. The number of guanidine groups is 1. The molecule has 0 aliphatic carbocycles. The largest absolute Gasteiger partial charge is 0.486 e. The Morgan fingerprint density at radius 1 is 1.03 bits per heavy atom. The molecule has 3 N–H and O–H groups in total. The first-order valence-corrected chi connectivity index (χ1v) is 8.60. The van der Waals surface area contributed by atoms with Crippen molar-refractivity contribution < 1.29 is 27.1 Å². The van der Waals surface area contributed by atoms with Crippen LogP contribution in [0.5, 0.6) is 5.75 Å². The molecule has 0 radical (unpaired) electrons. The minimum atomic E-state index is -1.67. The molecule has 0 saturated heterocycles. The molecule has 2 aromatic carbocycles. The van der Waals surface area contributed by atoms with E-state index >= 15 is 0 Å². The Bertz CT molecular complexity index is 893. The maximum absolute atomic E-state index is 13.6. The monoisotopic (exact) mass is 412 g/mol. The first kappa shape index (κ1) is 22.0. The van der Waals surface area contributed by atoms with Gasteiger partial charge in [-0.3, -0.25) is 9.79 Å². The van der Waals surface area contributed by atoms with Gasteiger partial charge in [-0.1, -0.05) is 12.1 Å². The second-order valence-electron chi connectivity index (χ2n) is 5.94. The fourth-order valence-corrected chi connectivity index (χ4v) is 2.24. The van der Waals surface area contributed by atoms with Crippen molar-refractivity contribution >= 4 is 17.6 Å². The van der Waals surface area contributed by atoms with Crippen LogP contribution in [-0.4, -0.2) is 38.1 Å². The summed E-state index contributed by atoms with van der Waals surface area (Å²) in [6, 6.07) is 7.60. The number of ether oxygens (including phenoxy) is 1. The number of aliphatic imine (C=N–C) groups is 1. The lowest BCUT2D eigenvalue weighted by atomic mass is 10.2. The highest BCUT2D eigenvalue weighted by molar-refractivity contribution is 5.95. The van der Waals surface area contributed by atoms with E-state index in [0.717, 1.165) is 6.07 Å². The second kappa shape index (κ2) is 10.3. The number of rotatable bonds is 7. The number of carbonyl (C=O) groups is 1.